The van der Waals surface area contributed by atoms with Crippen LogP contribution in [0.5, 0.6) is 0 Å². The number of carbonyl (C=O) groups excluding carboxylic acids is 2. The lowest BCUT2D eigenvalue weighted by molar-refractivity contribution is -0.125. The Bertz CT molecular complexity index is 652. The number of carbonyl (C=O) groups is 2. The lowest BCUT2D eigenvalue weighted by Crippen LogP contribution is -2.38. The summed E-state index contributed by atoms with van der Waals surface area (Å²) in [4.78, 5) is 23.6. The Morgan fingerprint density at radius 1 is 1.22 bits per heavy atom. The highest BCUT2D eigenvalue weighted by molar-refractivity contribution is 5.91. The molecule has 2 rings (SSSR count). The topological polar surface area (TPSA) is 99.0 Å². The van der Waals surface area contributed by atoms with Crippen molar-refractivity contribution in [2.45, 2.75) is 26.8 Å². The first-order valence-electron chi connectivity index (χ1n) is 7.27. The van der Waals surface area contributed by atoms with Gasteiger partial charge in [0, 0.05) is 6.04 Å². The highest BCUT2D eigenvalue weighted by Gasteiger charge is 2.14. The third-order valence-electron chi connectivity index (χ3n) is 3.44. The van der Waals surface area contributed by atoms with Gasteiger partial charge in [-0.3, -0.25) is 4.79 Å². The Kier molecular flexibility index (Phi) is 5.40. The highest BCUT2D eigenvalue weighted by Crippen LogP contribution is 2.09. The highest BCUT2D eigenvalue weighted by atomic mass is 16.5. The second kappa shape index (κ2) is 7.48. The van der Waals surface area contributed by atoms with Gasteiger partial charge in [-0.05, 0) is 47.5 Å². The molecule has 0 aliphatic rings. The summed E-state index contributed by atoms with van der Waals surface area (Å²) < 4.78 is 6.47. The van der Waals surface area contributed by atoms with Gasteiger partial charge in [-0.1, -0.05) is 13.8 Å². The predicted octanol–water partition coefficient (Wildman–Crippen LogP) is 0.980. The molecular weight excluding hydrogens is 298 g/mol. The predicted molar refractivity (Wildman–Crippen MR) is 81.9 cm³/mol. The standard InChI is InChI=1S/C15H19N5O3/c1-10(2)11(3)17-14(21)8-23-15(22)12-4-6-13(7-5-12)20-9-16-18-19-20/h4-7,9-11H,8H2,1-3H3,(H,17,21)/t11-/m1/s1. The summed E-state index contributed by atoms with van der Waals surface area (Å²) in [6, 6.07) is 6.58. The lowest BCUT2D eigenvalue weighted by atomic mass is 10.1. The Labute approximate surface area is 133 Å². The molecule has 0 aliphatic carbocycles. The van der Waals surface area contributed by atoms with Gasteiger partial charge in [0.05, 0.1) is 11.3 Å². The molecule has 0 unspecified atom stereocenters. The van der Waals surface area contributed by atoms with Crippen LogP contribution in [0.3, 0.4) is 0 Å². The van der Waals surface area contributed by atoms with E-state index in [-0.39, 0.29) is 18.6 Å². The molecule has 122 valence electrons. The largest absolute Gasteiger partial charge is 0.452 e. The van der Waals surface area contributed by atoms with Crippen LogP contribution in [0.25, 0.3) is 5.69 Å². The fourth-order valence-electron chi connectivity index (χ4n) is 1.71. The first-order chi connectivity index (χ1) is 11.0. The van der Waals surface area contributed by atoms with E-state index in [1.807, 2.05) is 20.8 Å². The minimum absolute atomic E-state index is 0.0248. The normalized spacial score (nSPS) is 12.0. The molecule has 1 heterocycles. The van der Waals surface area contributed by atoms with Gasteiger partial charge >= 0.3 is 5.97 Å². The summed E-state index contributed by atoms with van der Waals surface area (Å²) >= 11 is 0. The maximum Gasteiger partial charge on any atom is 0.338 e. The van der Waals surface area contributed by atoms with Crippen molar-refractivity contribution in [2.24, 2.45) is 5.92 Å². The molecule has 8 nitrogen and oxygen atoms in total. The number of ether oxygens (including phenoxy) is 1. The SMILES string of the molecule is CC(C)[C@@H](C)NC(=O)COC(=O)c1ccc(-n2cnnn2)cc1. The summed E-state index contributed by atoms with van der Waals surface area (Å²) in [6.07, 6.45) is 1.45. The number of aromatic nitrogens is 4. The van der Waals surface area contributed by atoms with Crippen LogP contribution in [0.1, 0.15) is 31.1 Å². The van der Waals surface area contributed by atoms with Gasteiger partial charge in [-0.15, -0.1) is 5.10 Å². The number of nitrogens with one attached hydrogen (secondary N) is 1. The van der Waals surface area contributed by atoms with Crippen molar-refractivity contribution in [3.63, 3.8) is 0 Å². The molecule has 1 N–H and O–H groups in total. The minimum atomic E-state index is -0.555. The van der Waals surface area contributed by atoms with Crippen molar-refractivity contribution >= 4 is 11.9 Å². The third kappa shape index (κ3) is 4.60. The average molecular weight is 317 g/mol. The van der Waals surface area contributed by atoms with Gasteiger partial charge in [-0.2, -0.15) is 0 Å². The number of esters is 1. The second-order valence-corrected chi connectivity index (χ2v) is 5.48. The number of hydrogen-bond donors (Lipinski definition) is 1. The third-order valence-corrected chi connectivity index (χ3v) is 3.44. The molecular formula is C15H19N5O3. The monoisotopic (exact) mass is 317 g/mol. The number of rotatable bonds is 6. The van der Waals surface area contributed by atoms with Crippen LogP contribution in [0.2, 0.25) is 0 Å². The maximum absolute atomic E-state index is 11.9. The summed E-state index contributed by atoms with van der Waals surface area (Å²) in [6.45, 7) is 5.61. The summed E-state index contributed by atoms with van der Waals surface area (Å²) in [5.74, 6) is -0.557. The first kappa shape index (κ1) is 16.6. The molecule has 0 aliphatic heterocycles. The number of nitrogens with zero attached hydrogens (tertiary/aromatic N) is 4. The molecule has 1 amide bonds. The fraction of sp³-hybridized carbons (Fsp3) is 0.400. The molecule has 23 heavy (non-hydrogen) atoms. The van der Waals surface area contributed by atoms with Gasteiger partial charge in [0.2, 0.25) is 0 Å². The first-order valence-corrected chi connectivity index (χ1v) is 7.27. The minimum Gasteiger partial charge on any atom is -0.452 e. The van der Waals surface area contributed by atoms with Gasteiger partial charge in [0.15, 0.2) is 6.61 Å². The molecule has 1 aromatic heterocycles. The van der Waals surface area contributed by atoms with Crippen LogP contribution >= 0.6 is 0 Å². The van der Waals surface area contributed by atoms with Crippen molar-refractivity contribution in [3.05, 3.63) is 36.2 Å². The zero-order chi connectivity index (χ0) is 16.8. The van der Waals surface area contributed by atoms with Gasteiger partial charge in [0.25, 0.3) is 5.91 Å². The number of hydrogen-bond acceptors (Lipinski definition) is 6. The van der Waals surface area contributed by atoms with E-state index in [9.17, 15) is 9.59 Å². The molecule has 1 aromatic carbocycles. The van der Waals surface area contributed by atoms with E-state index in [0.29, 0.717) is 11.5 Å². The molecule has 0 radical (unpaired) electrons. The van der Waals surface area contributed by atoms with Crippen molar-refractivity contribution in [3.8, 4) is 5.69 Å². The zero-order valence-electron chi connectivity index (χ0n) is 13.3. The number of benzene rings is 1. The van der Waals surface area contributed by atoms with Gasteiger partial charge in [-0.25, -0.2) is 9.48 Å². The molecule has 1 atom stereocenters. The Hall–Kier alpha value is -2.77. The molecule has 0 bridgehead atoms. The smallest absolute Gasteiger partial charge is 0.338 e. The van der Waals surface area contributed by atoms with E-state index in [4.69, 9.17) is 4.74 Å². The van der Waals surface area contributed by atoms with Crippen LogP contribution in [-0.2, 0) is 9.53 Å². The Morgan fingerprint density at radius 3 is 2.48 bits per heavy atom. The van der Waals surface area contributed by atoms with Gasteiger partial charge in [0.1, 0.15) is 6.33 Å². The Morgan fingerprint density at radius 2 is 1.91 bits per heavy atom. The van der Waals surface area contributed by atoms with E-state index in [1.165, 1.54) is 11.0 Å². The molecule has 0 saturated heterocycles. The van der Waals surface area contributed by atoms with Crippen molar-refractivity contribution in [2.75, 3.05) is 6.61 Å². The van der Waals surface area contributed by atoms with Gasteiger partial charge < -0.3 is 10.1 Å². The zero-order valence-corrected chi connectivity index (χ0v) is 13.3. The summed E-state index contributed by atoms with van der Waals surface area (Å²) in [5.41, 5.74) is 1.07. The Balaban J connectivity index is 1.87. The molecule has 0 saturated carbocycles. The lowest BCUT2D eigenvalue weighted by Gasteiger charge is -2.17. The molecule has 0 spiro atoms. The average Bonchev–Trinajstić information content (AvgIpc) is 3.07. The summed E-state index contributed by atoms with van der Waals surface area (Å²) in [5, 5.41) is 13.6. The fourth-order valence-corrected chi connectivity index (χ4v) is 1.71. The number of amides is 1. The molecule has 0 fully saturated rings. The number of tetrazole rings is 1. The van der Waals surface area contributed by atoms with E-state index < -0.39 is 5.97 Å². The van der Waals surface area contributed by atoms with E-state index >= 15 is 0 Å². The van der Waals surface area contributed by atoms with E-state index in [2.05, 4.69) is 20.8 Å². The quantitative estimate of drug-likeness (QED) is 0.797. The van der Waals surface area contributed by atoms with Crippen LogP contribution in [-0.4, -0.2) is 44.7 Å². The van der Waals surface area contributed by atoms with Crippen LogP contribution in [0, 0.1) is 5.92 Å². The second-order valence-electron chi connectivity index (χ2n) is 5.48. The van der Waals surface area contributed by atoms with Crippen molar-refractivity contribution < 1.29 is 14.3 Å². The van der Waals surface area contributed by atoms with Crippen LogP contribution < -0.4 is 5.32 Å². The summed E-state index contributed by atoms with van der Waals surface area (Å²) in [7, 11) is 0. The molecule has 2 aromatic rings. The van der Waals surface area contributed by atoms with Crippen LogP contribution in [0.4, 0.5) is 0 Å². The molecule has 8 heteroatoms. The van der Waals surface area contributed by atoms with Crippen LogP contribution in [0.15, 0.2) is 30.6 Å². The maximum atomic E-state index is 11.9. The van der Waals surface area contributed by atoms with E-state index in [0.717, 1.165) is 5.69 Å². The van der Waals surface area contributed by atoms with Crippen molar-refractivity contribution in [1.29, 1.82) is 0 Å². The van der Waals surface area contributed by atoms with E-state index in [1.54, 1.807) is 24.3 Å². The van der Waals surface area contributed by atoms with Crippen molar-refractivity contribution in [1.82, 2.24) is 25.5 Å².